The van der Waals surface area contributed by atoms with Gasteiger partial charge in [0.1, 0.15) is 5.78 Å². The van der Waals surface area contributed by atoms with Crippen molar-refractivity contribution in [2.24, 2.45) is 52.1 Å². The second-order valence-corrected chi connectivity index (χ2v) is 12.8. The van der Waals surface area contributed by atoms with Crippen LogP contribution in [0.25, 0.3) is 0 Å². The monoisotopic (exact) mass is 419 g/mol. The molecular weight excluding hydrogens is 377 g/mol. The molecule has 0 heterocycles. The number of nitrogens with two attached hydrogens (primary N) is 1. The number of ketones is 1. The molecule has 4 aliphatic carbocycles. The maximum absolute atomic E-state index is 11.5. The van der Waals surface area contributed by atoms with E-state index in [9.17, 15) is 9.36 Å². The average Bonchev–Trinajstić information content (AvgIpc) is 3.03. The van der Waals surface area contributed by atoms with Crippen LogP contribution in [0, 0.1) is 46.3 Å². The number of fused-ring (bicyclic) bond motifs is 5. The minimum atomic E-state index is 0.316. The van der Waals surface area contributed by atoms with Crippen molar-refractivity contribution in [2.75, 3.05) is 0 Å². The third-order valence-electron chi connectivity index (χ3n) is 10.6. The molecule has 3 nitrogen and oxygen atoms in total. The summed E-state index contributed by atoms with van der Waals surface area (Å²) in [4.78, 5) is 11.5. The SMILES string of the molecule is CC(=O)CC[C@@H](C)[C@H]1CCC2C3C(N)CC4C[C@H](P=O)CC[C@]4(C)C3CC[C@@]21C. The van der Waals surface area contributed by atoms with Gasteiger partial charge in [-0.2, -0.15) is 0 Å². The highest BCUT2D eigenvalue weighted by Gasteiger charge is 2.62. The van der Waals surface area contributed by atoms with Crippen LogP contribution in [0.4, 0.5) is 0 Å². The van der Waals surface area contributed by atoms with Gasteiger partial charge < -0.3 is 10.5 Å². The normalized spacial score (nSPS) is 50.4. The molecule has 0 saturated heterocycles. The molecule has 164 valence electrons. The first-order valence-corrected chi connectivity index (χ1v) is 13.2. The van der Waals surface area contributed by atoms with Gasteiger partial charge in [0.25, 0.3) is 0 Å². The molecule has 10 atom stereocenters. The molecule has 0 aromatic heterocycles. The summed E-state index contributed by atoms with van der Waals surface area (Å²) < 4.78 is 11.5. The number of hydrogen-bond acceptors (Lipinski definition) is 3. The number of carbonyl (C=O) groups is 1. The number of carbonyl (C=O) groups excluding carboxylic acids is 1. The van der Waals surface area contributed by atoms with Crippen molar-refractivity contribution in [1.29, 1.82) is 0 Å². The molecule has 0 aliphatic heterocycles. The lowest BCUT2D eigenvalue weighted by atomic mass is 9.43. The largest absolute Gasteiger partial charge is 0.327 e. The third-order valence-corrected chi connectivity index (χ3v) is 11.4. The molecule has 0 aromatic carbocycles. The lowest BCUT2D eigenvalue weighted by Crippen LogP contribution is -2.60. The molecule has 0 spiro atoms. The predicted molar refractivity (Wildman–Crippen MR) is 119 cm³/mol. The topological polar surface area (TPSA) is 60.2 Å². The Balaban J connectivity index is 1.55. The fourth-order valence-electron chi connectivity index (χ4n) is 9.00. The van der Waals surface area contributed by atoms with Gasteiger partial charge >= 0.3 is 0 Å². The van der Waals surface area contributed by atoms with E-state index in [1.54, 1.807) is 6.92 Å². The van der Waals surface area contributed by atoms with Crippen molar-refractivity contribution in [3.63, 3.8) is 0 Å². The summed E-state index contributed by atoms with van der Waals surface area (Å²) in [5.74, 6) is 4.57. The molecule has 4 rings (SSSR count). The Bertz CT molecular complexity index is 653. The molecule has 5 unspecified atom stereocenters. The Morgan fingerprint density at radius 3 is 2.45 bits per heavy atom. The van der Waals surface area contributed by atoms with Gasteiger partial charge in [-0.3, -0.25) is 4.57 Å². The summed E-state index contributed by atoms with van der Waals surface area (Å²) in [6.07, 6.45) is 11.8. The van der Waals surface area contributed by atoms with Gasteiger partial charge in [0.2, 0.25) is 0 Å². The fraction of sp³-hybridized carbons (Fsp3) is 0.960. The number of rotatable bonds is 5. The smallest absolute Gasteiger partial charge is 0.158 e. The molecule has 4 fully saturated rings. The summed E-state index contributed by atoms with van der Waals surface area (Å²) >= 11 is 0. The van der Waals surface area contributed by atoms with E-state index in [0.29, 0.717) is 54.5 Å². The molecule has 0 bridgehead atoms. The van der Waals surface area contributed by atoms with Crippen molar-refractivity contribution in [1.82, 2.24) is 0 Å². The second-order valence-electron chi connectivity index (χ2n) is 11.9. The maximum Gasteiger partial charge on any atom is 0.158 e. The summed E-state index contributed by atoms with van der Waals surface area (Å²) in [5, 5.41) is 0. The third kappa shape index (κ3) is 3.57. The highest BCUT2D eigenvalue weighted by molar-refractivity contribution is 7.24. The Labute approximate surface area is 179 Å². The van der Waals surface area contributed by atoms with Gasteiger partial charge in [-0.1, -0.05) is 20.8 Å². The number of hydrogen-bond donors (Lipinski definition) is 1. The summed E-state index contributed by atoms with van der Waals surface area (Å²) in [6, 6.07) is 0.316. The molecule has 2 N–H and O–H groups in total. The maximum atomic E-state index is 11.5. The summed E-state index contributed by atoms with van der Waals surface area (Å²) in [7, 11) is 0.352. The van der Waals surface area contributed by atoms with Crippen molar-refractivity contribution in [3.8, 4) is 0 Å². The Morgan fingerprint density at radius 2 is 1.76 bits per heavy atom. The number of Topliss-reactive ketones (excluding diaryl/α,β-unsaturated/α-hetero) is 1. The van der Waals surface area contributed by atoms with Crippen molar-refractivity contribution < 1.29 is 9.36 Å². The van der Waals surface area contributed by atoms with Crippen molar-refractivity contribution in [3.05, 3.63) is 0 Å². The van der Waals surface area contributed by atoms with E-state index in [1.165, 1.54) is 32.1 Å². The van der Waals surface area contributed by atoms with Crippen LogP contribution < -0.4 is 5.73 Å². The first kappa shape index (κ1) is 21.9. The van der Waals surface area contributed by atoms with Crippen LogP contribution in [0.2, 0.25) is 0 Å². The van der Waals surface area contributed by atoms with E-state index < -0.39 is 0 Å². The van der Waals surface area contributed by atoms with E-state index >= 15 is 0 Å². The van der Waals surface area contributed by atoms with Crippen LogP contribution in [-0.4, -0.2) is 17.5 Å². The van der Waals surface area contributed by atoms with Crippen LogP contribution in [-0.2, 0) is 9.36 Å². The van der Waals surface area contributed by atoms with E-state index in [-0.39, 0.29) is 0 Å². The quantitative estimate of drug-likeness (QED) is 0.536. The van der Waals surface area contributed by atoms with Crippen molar-refractivity contribution >= 4 is 14.2 Å². The van der Waals surface area contributed by atoms with Crippen LogP contribution in [0.3, 0.4) is 0 Å². The zero-order valence-electron chi connectivity index (χ0n) is 19.0. The van der Waals surface area contributed by atoms with Crippen LogP contribution in [0.5, 0.6) is 0 Å². The van der Waals surface area contributed by atoms with Crippen LogP contribution >= 0.6 is 8.46 Å². The Morgan fingerprint density at radius 1 is 1.07 bits per heavy atom. The summed E-state index contributed by atoms with van der Waals surface area (Å²) in [5.41, 5.74) is 8.13. The van der Waals surface area contributed by atoms with Crippen LogP contribution in [0.15, 0.2) is 0 Å². The van der Waals surface area contributed by atoms with E-state index in [0.717, 1.165) is 49.9 Å². The highest BCUT2D eigenvalue weighted by atomic mass is 31.1. The Kier molecular flexibility index (Phi) is 6.06. The van der Waals surface area contributed by atoms with Gasteiger partial charge in [0.05, 0.1) is 0 Å². The first-order valence-electron chi connectivity index (χ1n) is 12.3. The van der Waals surface area contributed by atoms with Crippen molar-refractivity contribution in [2.45, 2.75) is 104 Å². The first-order chi connectivity index (χ1) is 13.7. The minimum Gasteiger partial charge on any atom is -0.327 e. The molecule has 4 aliphatic rings. The van der Waals surface area contributed by atoms with Gasteiger partial charge in [0.15, 0.2) is 8.46 Å². The molecule has 29 heavy (non-hydrogen) atoms. The van der Waals surface area contributed by atoms with E-state index in [1.807, 2.05) is 0 Å². The fourth-order valence-corrected chi connectivity index (χ4v) is 9.58. The molecule has 0 radical (unpaired) electrons. The zero-order chi connectivity index (χ0) is 21.0. The zero-order valence-corrected chi connectivity index (χ0v) is 19.9. The average molecular weight is 420 g/mol. The van der Waals surface area contributed by atoms with Gasteiger partial charge in [0, 0.05) is 18.1 Å². The standard InChI is InChI=1S/C25H42NO2P/c1-15(5-6-16(2)27)19-7-8-20-23-21(10-12-25(19,20)4)24(3)11-9-18(29-28)13-17(24)14-22(23)26/h15,17-23H,5-14,26H2,1-4H3/t15-,17?,18-,19-,20?,21?,22?,23?,24+,25-/m1/s1. The minimum absolute atomic E-state index is 0.316. The van der Waals surface area contributed by atoms with Crippen LogP contribution in [0.1, 0.15) is 91.9 Å². The highest BCUT2D eigenvalue weighted by Crippen LogP contribution is 2.68. The molecule has 4 heteroatoms. The molecule has 4 saturated carbocycles. The van der Waals surface area contributed by atoms with Gasteiger partial charge in [-0.15, -0.1) is 0 Å². The molecule has 0 amide bonds. The lowest BCUT2D eigenvalue weighted by Gasteiger charge is -2.63. The van der Waals surface area contributed by atoms with Gasteiger partial charge in [-0.25, -0.2) is 0 Å². The second kappa shape index (κ2) is 8.01. The molecule has 0 aromatic rings. The predicted octanol–water partition coefficient (Wildman–Crippen LogP) is 6.25. The van der Waals surface area contributed by atoms with Gasteiger partial charge in [-0.05, 0) is 111 Å². The lowest BCUT2D eigenvalue weighted by molar-refractivity contribution is -0.123. The van der Waals surface area contributed by atoms with E-state index in [4.69, 9.17) is 5.73 Å². The molecular formula is C25H42NO2P. The van der Waals surface area contributed by atoms with E-state index in [2.05, 4.69) is 20.8 Å². The summed E-state index contributed by atoms with van der Waals surface area (Å²) in [6.45, 7) is 9.26. The Hall–Kier alpha value is -0.270.